The number of hydrogen-bond acceptors (Lipinski definition) is 0. The van der Waals surface area contributed by atoms with Crippen LogP contribution in [0.5, 0.6) is 0 Å². The fourth-order valence-electron chi connectivity index (χ4n) is 5.05. The third-order valence-corrected chi connectivity index (χ3v) is 6.45. The van der Waals surface area contributed by atoms with Crippen molar-refractivity contribution in [2.75, 3.05) is 0 Å². The molecular weight excluding hydrogens is 340 g/mol. The maximum atomic E-state index is 2.39. The maximum absolute atomic E-state index is 2.39. The molecule has 0 atom stereocenters. The normalized spacial score (nSPS) is 13.6. The van der Waals surface area contributed by atoms with Crippen LogP contribution in [0.1, 0.15) is 17.7 Å². The minimum absolute atomic E-state index is 1.13. The second-order valence-corrected chi connectivity index (χ2v) is 7.87. The average molecular weight is 362 g/mol. The van der Waals surface area contributed by atoms with E-state index in [2.05, 4.69) is 96.0 Å². The third kappa shape index (κ3) is 1.98. The van der Waals surface area contributed by atoms with E-state index in [0.717, 1.165) is 12.8 Å². The van der Waals surface area contributed by atoms with E-state index in [1.165, 1.54) is 55.1 Å². The van der Waals surface area contributed by atoms with Crippen molar-refractivity contribution in [3.63, 3.8) is 0 Å². The van der Waals surface area contributed by atoms with Crippen molar-refractivity contribution >= 4 is 38.8 Å². The van der Waals surface area contributed by atoms with E-state index < -0.39 is 0 Å². The molecule has 0 N–H and O–H groups in total. The Morgan fingerprint density at radius 1 is 0.750 bits per heavy atom. The number of nitrogens with zero attached hydrogens (tertiary/aromatic N) is 2. The first-order valence-corrected chi connectivity index (χ1v) is 9.98. The van der Waals surface area contributed by atoms with Gasteiger partial charge in [0.2, 0.25) is 0 Å². The molecule has 136 valence electrons. The van der Waals surface area contributed by atoms with Crippen LogP contribution >= 0.6 is 0 Å². The largest absolute Gasteiger partial charge is 0.347 e. The van der Waals surface area contributed by atoms with E-state index >= 15 is 0 Å². The van der Waals surface area contributed by atoms with Gasteiger partial charge in [0, 0.05) is 58.1 Å². The molecule has 1 aliphatic rings. The smallest absolute Gasteiger partial charge is 0.0495 e. The maximum Gasteiger partial charge on any atom is 0.0495 e. The summed E-state index contributed by atoms with van der Waals surface area (Å²) in [4.78, 5) is 0. The molecule has 2 nitrogen and oxygen atoms in total. The number of aryl methyl sites for hydroxylation is 2. The van der Waals surface area contributed by atoms with E-state index in [4.69, 9.17) is 0 Å². The van der Waals surface area contributed by atoms with E-state index in [0.29, 0.717) is 0 Å². The first kappa shape index (κ1) is 15.8. The third-order valence-electron chi connectivity index (χ3n) is 6.45. The van der Waals surface area contributed by atoms with Crippen LogP contribution in [0.3, 0.4) is 0 Å². The van der Waals surface area contributed by atoms with Crippen LogP contribution in [0.25, 0.3) is 49.9 Å². The average Bonchev–Trinajstić information content (AvgIpc) is 3.21. The monoisotopic (exact) mass is 362 g/mol. The molecule has 1 aliphatic carbocycles. The van der Waals surface area contributed by atoms with Gasteiger partial charge in [-0.1, -0.05) is 48.6 Å². The predicted octanol–water partition coefficient (Wildman–Crippen LogP) is 6.45. The van der Waals surface area contributed by atoms with Crippen molar-refractivity contribution in [2.24, 2.45) is 14.1 Å². The van der Waals surface area contributed by atoms with Gasteiger partial charge in [-0.25, -0.2) is 0 Å². The second kappa shape index (κ2) is 5.62. The van der Waals surface area contributed by atoms with Gasteiger partial charge in [-0.2, -0.15) is 0 Å². The molecule has 2 aromatic heterocycles. The molecule has 0 unspecified atom stereocenters. The Morgan fingerprint density at radius 2 is 1.57 bits per heavy atom. The summed E-state index contributed by atoms with van der Waals surface area (Å²) in [5, 5.41) is 4.04. The SMILES string of the molecule is Cn1c2c(c3cc(-c4cccc5c4c4ccccc4n5C)ccc31)C=CCC2. The fraction of sp³-hybridized carbons (Fsp3) is 0.154. The van der Waals surface area contributed by atoms with Crippen LogP contribution < -0.4 is 0 Å². The van der Waals surface area contributed by atoms with Gasteiger partial charge >= 0.3 is 0 Å². The number of rotatable bonds is 1. The molecule has 3 aromatic carbocycles. The molecule has 0 spiro atoms. The first-order valence-electron chi connectivity index (χ1n) is 9.98. The van der Waals surface area contributed by atoms with Crippen LogP contribution in [0, 0.1) is 0 Å². The second-order valence-electron chi connectivity index (χ2n) is 7.87. The van der Waals surface area contributed by atoms with Gasteiger partial charge in [0.25, 0.3) is 0 Å². The lowest BCUT2D eigenvalue weighted by Gasteiger charge is -2.07. The first-order chi connectivity index (χ1) is 13.7. The summed E-state index contributed by atoms with van der Waals surface area (Å²) in [6.45, 7) is 0. The Hall–Kier alpha value is -3.26. The van der Waals surface area contributed by atoms with Crippen molar-refractivity contribution < 1.29 is 0 Å². The zero-order valence-electron chi connectivity index (χ0n) is 16.2. The van der Waals surface area contributed by atoms with E-state index in [1.807, 2.05) is 0 Å². The van der Waals surface area contributed by atoms with Gasteiger partial charge in [0.15, 0.2) is 0 Å². The number of benzene rings is 3. The lowest BCUT2D eigenvalue weighted by atomic mass is 9.96. The lowest BCUT2D eigenvalue weighted by Crippen LogP contribution is -1.99. The number of fused-ring (bicyclic) bond motifs is 6. The minimum Gasteiger partial charge on any atom is -0.347 e. The molecule has 0 saturated heterocycles. The number of para-hydroxylation sites is 1. The van der Waals surface area contributed by atoms with Gasteiger partial charge in [-0.05, 0) is 48.2 Å². The van der Waals surface area contributed by atoms with Gasteiger partial charge in [-0.3, -0.25) is 0 Å². The lowest BCUT2D eigenvalue weighted by molar-refractivity contribution is 0.824. The topological polar surface area (TPSA) is 9.86 Å². The summed E-state index contributed by atoms with van der Waals surface area (Å²) in [5.74, 6) is 0. The van der Waals surface area contributed by atoms with Crippen molar-refractivity contribution in [1.29, 1.82) is 0 Å². The van der Waals surface area contributed by atoms with E-state index in [1.54, 1.807) is 0 Å². The number of allylic oxidation sites excluding steroid dienone is 1. The molecule has 0 saturated carbocycles. The van der Waals surface area contributed by atoms with Crippen LogP contribution in [-0.4, -0.2) is 9.13 Å². The zero-order chi connectivity index (χ0) is 18.8. The van der Waals surface area contributed by atoms with Crippen LogP contribution in [0.2, 0.25) is 0 Å². The highest BCUT2D eigenvalue weighted by Crippen LogP contribution is 2.38. The van der Waals surface area contributed by atoms with Crippen molar-refractivity contribution in [2.45, 2.75) is 12.8 Å². The molecule has 28 heavy (non-hydrogen) atoms. The van der Waals surface area contributed by atoms with Gasteiger partial charge in [-0.15, -0.1) is 0 Å². The van der Waals surface area contributed by atoms with E-state index in [-0.39, 0.29) is 0 Å². The highest BCUT2D eigenvalue weighted by Gasteiger charge is 2.17. The number of aromatic nitrogens is 2. The fourth-order valence-corrected chi connectivity index (χ4v) is 5.05. The molecule has 2 heteroatoms. The highest BCUT2D eigenvalue weighted by molar-refractivity contribution is 6.15. The van der Waals surface area contributed by atoms with Crippen LogP contribution in [0.15, 0.2) is 66.7 Å². The Morgan fingerprint density at radius 3 is 2.50 bits per heavy atom. The Kier molecular flexibility index (Phi) is 3.16. The molecule has 0 radical (unpaired) electrons. The summed E-state index contributed by atoms with van der Waals surface area (Å²) in [6.07, 6.45) is 6.88. The Bertz CT molecular complexity index is 1430. The van der Waals surface area contributed by atoms with Gasteiger partial charge < -0.3 is 9.13 Å². The van der Waals surface area contributed by atoms with Crippen molar-refractivity contribution in [3.05, 3.63) is 78.0 Å². The summed E-state index contributed by atoms with van der Waals surface area (Å²) in [6, 6.07) is 22.4. The number of hydrogen-bond donors (Lipinski definition) is 0. The highest BCUT2D eigenvalue weighted by atomic mass is 15.0. The zero-order valence-corrected chi connectivity index (χ0v) is 16.2. The summed E-state index contributed by atoms with van der Waals surface area (Å²) in [5.41, 5.74) is 9.36. The molecule has 6 rings (SSSR count). The molecule has 2 heterocycles. The minimum atomic E-state index is 1.13. The van der Waals surface area contributed by atoms with Crippen LogP contribution in [-0.2, 0) is 20.5 Å². The molecular formula is C26H22N2. The molecule has 0 amide bonds. The standard InChI is InChI=1S/C26H22N2/c1-27-22-11-5-3-8-19(22)21-16-17(14-15-24(21)27)18-10-7-13-25-26(18)20-9-4-6-12-23(20)28(25)2/h3-4,6-10,12-16H,5,11H2,1-2H3. The Balaban J connectivity index is 1.70. The molecule has 5 aromatic rings. The molecule has 0 fully saturated rings. The van der Waals surface area contributed by atoms with Crippen molar-refractivity contribution in [1.82, 2.24) is 9.13 Å². The van der Waals surface area contributed by atoms with Gasteiger partial charge in [0.05, 0.1) is 0 Å². The summed E-state index contributed by atoms with van der Waals surface area (Å²) in [7, 11) is 4.36. The summed E-state index contributed by atoms with van der Waals surface area (Å²) >= 11 is 0. The Labute approximate surface area is 164 Å². The van der Waals surface area contributed by atoms with Gasteiger partial charge in [0.1, 0.15) is 0 Å². The predicted molar refractivity (Wildman–Crippen MR) is 120 cm³/mol. The quantitative estimate of drug-likeness (QED) is 0.324. The summed E-state index contributed by atoms with van der Waals surface area (Å²) < 4.78 is 4.68. The molecule has 0 bridgehead atoms. The van der Waals surface area contributed by atoms with E-state index in [9.17, 15) is 0 Å². The van der Waals surface area contributed by atoms with Crippen molar-refractivity contribution in [3.8, 4) is 11.1 Å². The molecule has 0 aliphatic heterocycles. The van der Waals surface area contributed by atoms with Crippen LogP contribution in [0.4, 0.5) is 0 Å².